The Balaban J connectivity index is 1.77. The summed E-state index contributed by atoms with van der Waals surface area (Å²) in [5, 5.41) is 3.46. The molecular formula is C21H23NO. The minimum absolute atomic E-state index is 0.126. The van der Waals surface area contributed by atoms with Crippen LogP contribution < -0.4 is 5.32 Å². The van der Waals surface area contributed by atoms with Crippen molar-refractivity contribution in [1.82, 2.24) is 0 Å². The quantitative estimate of drug-likeness (QED) is 0.813. The van der Waals surface area contributed by atoms with E-state index in [0.717, 1.165) is 29.8 Å². The maximum absolute atomic E-state index is 12.8. The van der Waals surface area contributed by atoms with E-state index in [4.69, 9.17) is 0 Å². The number of rotatable bonds is 2. The van der Waals surface area contributed by atoms with Crippen LogP contribution in [0.3, 0.4) is 0 Å². The number of ketones is 1. The number of hydrogen-bond donors (Lipinski definition) is 1. The number of benzene rings is 2. The summed E-state index contributed by atoms with van der Waals surface area (Å²) in [6, 6.07) is 16.5. The minimum atomic E-state index is 0.126. The fourth-order valence-electron chi connectivity index (χ4n) is 4.55. The van der Waals surface area contributed by atoms with Gasteiger partial charge < -0.3 is 5.32 Å². The van der Waals surface area contributed by atoms with Crippen LogP contribution in [-0.2, 0) is 5.41 Å². The second-order valence-corrected chi connectivity index (χ2v) is 7.32. The molecule has 2 nitrogen and oxygen atoms in total. The zero-order valence-corrected chi connectivity index (χ0v) is 13.8. The lowest BCUT2D eigenvalue weighted by Gasteiger charge is -2.49. The second-order valence-electron chi connectivity index (χ2n) is 7.32. The summed E-state index contributed by atoms with van der Waals surface area (Å²) in [6.07, 6.45) is 3.39. The maximum atomic E-state index is 12.8. The normalized spacial score (nSPS) is 29.0. The van der Waals surface area contributed by atoms with Crippen LogP contribution in [0.2, 0.25) is 0 Å². The van der Waals surface area contributed by atoms with Crippen molar-refractivity contribution in [2.24, 2.45) is 11.8 Å². The van der Waals surface area contributed by atoms with Crippen LogP contribution in [0.15, 0.2) is 48.5 Å². The molecule has 4 rings (SSSR count). The first-order chi connectivity index (χ1) is 11.1. The molecule has 2 aromatic carbocycles. The first kappa shape index (κ1) is 14.5. The highest BCUT2D eigenvalue weighted by Gasteiger charge is 2.49. The number of anilines is 2. The molecule has 0 aliphatic heterocycles. The van der Waals surface area contributed by atoms with Crippen LogP contribution in [0.5, 0.6) is 0 Å². The van der Waals surface area contributed by atoms with E-state index < -0.39 is 0 Å². The highest BCUT2D eigenvalue weighted by atomic mass is 16.1. The molecule has 2 bridgehead atoms. The van der Waals surface area contributed by atoms with Crippen molar-refractivity contribution in [3.05, 3.63) is 59.7 Å². The molecule has 0 heterocycles. The predicted molar refractivity (Wildman–Crippen MR) is 94.4 cm³/mol. The molecule has 0 aromatic heterocycles. The molecule has 118 valence electrons. The lowest BCUT2D eigenvalue weighted by Crippen LogP contribution is -2.47. The Bertz CT molecular complexity index is 752. The zero-order valence-electron chi connectivity index (χ0n) is 13.8. The predicted octanol–water partition coefficient (Wildman–Crippen LogP) is 5.32. The number of Topliss-reactive ketones (excluding diaryl/α,β-unsaturated/α-hetero) is 1. The van der Waals surface area contributed by atoms with Gasteiger partial charge in [0.2, 0.25) is 0 Å². The van der Waals surface area contributed by atoms with Crippen LogP contribution >= 0.6 is 0 Å². The van der Waals surface area contributed by atoms with Crippen LogP contribution in [0.4, 0.5) is 11.4 Å². The molecule has 2 heteroatoms. The fraction of sp³-hybridized carbons (Fsp3) is 0.381. The maximum Gasteiger partial charge on any atom is 0.166 e. The molecular weight excluding hydrogens is 282 g/mol. The summed E-state index contributed by atoms with van der Waals surface area (Å²) in [5.41, 5.74) is 4.47. The Labute approximate surface area is 137 Å². The Kier molecular flexibility index (Phi) is 3.29. The zero-order chi connectivity index (χ0) is 16.0. The average Bonchev–Trinajstić information content (AvgIpc) is 2.56. The molecule has 0 spiro atoms. The van der Waals surface area contributed by atoms with Crippen molar-refractivity contribution in [3.8, 4) is 0 Å². The molecule has 1 saturated carbocycles. The van der Waals surface area contributed by atoms with Gasteiger partial charge in [-0.2, -0.15) is 0 Å². The molecule has 2 aromatic rings. The van der Waals surface area contributed by atoms with Crippen LogP contribution in [0.25, 0.3) is 0 Å². The Morgan fingerprint density at radius 1 is 1.09 bits per heavy atom. The standard InChI is InChI=1S/C21H23NO/c1-14-17-9-6-12-21(14,2)19-13-16(10-11-18(19)20(17)23)22-15-7-4-3-5-8-15/h3-5,7-8,10-11,13-14,17,22H,6,9,12H2,1-2H3/t14-,17-,21+/m0/s1. The Hall–Kier alpha value is -2.09. The molecule has 2 aliphatic rings. The number of fused-ring (bicyclic) bond motifs is 4. The van der Waals surface area contributed by atoms with E-state index in [1.165, 1.54) is 12.0 Å². The van der Waals surface area contributed by atoms with Gasteiger partial charge in [0.05, 0.1) is 0 Å². The van der Waals surface area contributed by atoms with E-state index >= 15 is 0 Å². The Morgan fingerprint density at radius 2 is 1.87 bits per heavy atom. The van der Waals surface area contributed by atoms with E-state index in [2.05, 4.69) is 37.4 Å². The van der Waals surface area contributed by atoms with Gasteiger partial charge in [0.1, 0.15) is 0 Å². The molecule has 1 N–H and O–H groups in total. The highest BCUT2D eigenvalue weighted by molar-refractivity contribution is 6.01. The van der Waals surface area contributed by atoms with E-state index in [9.17, 15) is 4.79 Å². The summed E-state index contributed by atoms with van der Waals surface area (Å²) in [5.74, 6) is 1.01. The van der Waals surface area contributed by atoms with Gasteiger partial charge >= 0.3 is 0 Å². The minimum Gasteiger partial charge on any atom is -0.356 e. The number of carbonyl (C=O) groups excluding carboxylic acids is 1. The van der Waals surface area contributed by atoms with Gasteiger partial charge in [-0.15, -0.1) is 0 Å². The molecule has 0 saturated heterocycles. The molecule has 0 radical (unpaired) electrons. The molecule has 2 aliphatic carbocycles. The summed E-state index contributed by atoms with van der Waals surface area (Å²) in [7, 11) is 0. The van der Waals surface area contributed by atoms with Crippen molar-refractivity contribution in [1.29, 1.82) is 0 Å². The topological polar surface area (TPSA) is 29.1 Å². The van der Waals surface area contributed by atoms with Crippen LogP contribution in [0.1, 0.15) is 49.0 Å². The van der Waals surface area contributed by atoms with Crippen molar-refractivity contribution in [2.45, 2.75) is 38.5 Å². The summed E-state index contributed by atoms with van der Waals surface area (Å²) in [4.78, 5) is 12.8. The molecule has 0 unspecified atom stereocenters. The van der Waals surface area contributed by atoms with E-state index in [0.29, 0.717) is 11.7 Å². The van der Waals surface area contributed by atoms with Crippen molar-refractivity contribution < 1.29 is 4.79 Å². The molecule has 0 amide bonds. The first-order valence-electron chi connectivity index (χ1n) is 8.60. The average molecular weight is 305 g/mol. The van der Waals surface area contributed by atoms with Gasteiger partial charge in [-0.05, 0) is 60.1 Å². The van der Waals surface area contributed by atoms with Crippen molar-refractivity contribution >= 4 is 17.2 Å². The van der Waals surface area contributed by atoms with Crippen molar-refractivity contribution in [3.63, 3.8) is 0 Å². The lowest BCUT2D eigenvalue weighted by molar-refractivity contribution is 0.0668. The number of nitrogens with one attached hydrogen (secondary N) is 1. The van der Waals surface area contributed by atoms with E-state index in [1.54, 1.807) is 0 Å². The smallest absolute Gasteiger partial charge is 0.166 e. The molecule has 3 atom stereocenters. The number of hydrogen-bond acceptors (Lipinski definition) is 2. The Morgan fingerprint density at radius 3 is 2.65 bits per heavy atom. The third-order valence-electron chi connectivity index (χ3n) is 6.12. The lowest BCUT2D eigenvalue weighted by atomic mass is 9.54. The highest BCUT2D eigenvalue weighted by Crippen LogP contribution is 2.52. The fourth-order valence-corrected chi connectivity index (χ4v) is 4.55. The number of carbonyl (C=O) groups is 1. The van der Waals surface area contributed by atoms with E-state index in [1.807, 2.05) is 30.3 Å². The van der Waals surface area contributed by atoms with Gasteiger partial charge in [-0.25, -0.2) is 0 Å². The van der Waals surface area contributed by atoms with Gasteiger partial charge in [0.25, 0.3) is 0 Å². The molecule has 1 fully saturated rings. The van der Waals surface area contributed by atoms with Gasteiger partial charge in [0.15, 0.2) is 5.78 Å². The van der Waals surface area contributed by atoms with Gasteiger partial charge in [-0.1, -0.05) is 38.5 Å². The summed E-state index contributed by atoms with van der Waals surface area (Å²) >= 11 is 0. The summed E-state index contributed by atoms with van der Waals surface area (Å²) in [6.45, 7) is 4.61. The van der Waals surface area contributed by atoms with Gasteiger partial charge in [-0.3, -0.25) is 4.79 Å². The third-order valence-corrected chi connectivity index (χ3v) is 6.12. The third kappa shape index (κ3) is 2.20. The largest absolute Gasteiger partial charge is 0.356 e. The van der Waals surface area contributed by atoms with Gasteiger partial charge in [0, 0.05) is 22.9 Å². The SMILES string of the molecule is C[C@H]1[C@@H]2CCC[C@@]1(C)c1cc(Nc3ccccc3)ccc1C2=O. The van der Waals surface area contributed by atoms with Crippen LogP contribution in [0, 0.1) is 11.8 Å². The second kappa shape index (κ2) is 5.23. The van der Waals surface area contributed by atoms with Crippen LogP contribution in [-0.4, -0.2) is 5.78 Å². The van der Waals surface area contributed by atoms with E-state index in [-0.39, 0.29) is 11.3 Å². The summed E-state index contributed by atoms with van der Waals surface area (Å²) < 4.78 is 0. The van der Waals surface area contributed by atoms with Crippen molar-refractivity contribution in [2.75, 3.05) is 5.32 Å². The molecule has 23 heavy (non-hydrogen) atoms. The monoisotopic (exact) mass is 305 g/mol. The number of para-hydroxylation sites is 1. The first-order valence-corrected chi connectivity index (χ1v) is 8.60.